The highest BCUT2D eigenvalue weighted by Crippen LogP contribution is 2.28. The second-order valence-electron chi connectivity index (χ2n) is 6.94. The average Bonchev–Trinajstić information content (AvgIpc) is 2.86. The number of carbonyl (C=O) groups is 2. The van der Waals surface area contributed by atoms with Crippen LogP contribution in [0.4, 0.5) is 4.79 Å². The van der Waals surface area contributed by atoms with Gasteiger partial charge >= 0.3 is 6.09 Å². The van der Waals surface area contributed by atoms with Crippen molar-refractivity contribution in [3.05, 3.63) is 23.8 Å². The Bertz CT molecular complexity index is 639. The lowest BCUT2D eigenvalue weighted by atomic mass is 10.2. The third kappa shape index (κ3) is 5.01. The van der Waals surface area contributed by atoms with Gasteiger partial charge in [-0.15, -0.1) is 0 Å². The van der Waals surface area contributed by atoms with Crippen LogP contribution in [0.25, 0.3) is 0 Å². The first-order chi connectivity index (χ1) is 11.7. The summed E-state index contributed by atoms with van der Waals surface area (Å²) in [5.74, 6) is 1.15. The predicted molar refractivity (Wildman–Crippen MR) is 92.7 cm³/mol. The highest BCUT2D eigenvalue weighted by Gasteiger charge is 2.33. The molecule has 1 heterocycles. The number of alkyl carbamates (subject to hydrolysis) is 1. The fraction of sp³-hybridized carbons (Fsp3) is 0.556. The number of amides is 2. The largest absolute Gasteiger partial charge is 0.493 e. The summed E-state index contributed by atoms with van der Waals surface area (Å²) in [5, 5.41) is 2.64. The van der Waals surface area contributed by atoms with Crippen LogP contribution in [0.1, 0.15) is 32.8 Å². The van der Waals surface area contributed by atoms with E-state index in [0.717, 1.165) is 5.56 Å². The molecule has 1 atom stereocenters. The van der Waals surface area contributed by atoms with Crippen LogP contribution in [0, 0.1) is 0 Å². The number of ether oxygens (including phenoxy) is 3. The van der Waals surface area contributed by atoms with Crippen LogP contribution in [-0.2, 0) is 16.1 Å². The van der Waals surface area contributed by atoms with E-state index in [4.69, 9.17) is 14.2 Å². The van der Waals surface area contributed by atoms with Crippen molar-refractivity contribution in [2.75, 3.05) is 20.8 Å². The zero-order valence-electron chi connectivity index (χ0n) is 15.4. The van der Waals surface area contributed by atoms with Gasteiger partial charge in [0.25, 0.3) is 0 Å². The molecule has 138 valence electrons. The van der Waals surface area contributed by atoms with E-state index in [2.05, 4.69) is 5.32 Å². The van der Waals surface area contributed by atoms with Gasteiger partial charge < -0.3 is 24.4 Å². The van der Waals surface area contributed by atoms with Crippen LogP contribution in [0.2, 0.25) is 0 Å². The summed E-state index contributed by atoms with van der Waals surface area (Å²) in [6, 6.07) is 5.00. The molecule has 0 radical (unpaired) electrons. The van der Waals surface area contributed by atoms with E-state index in [9.17, 15) is 9.59 Å². The molecular weight excluding hydrogens is 324 g/mol. The van der Waals surface area contributed by atoms with E-state index in [1.807, 2.05) is 18.2 Å². The molecule has 0 bridgehead atoms. The van der Waals surface area contributed by atoms with Crippen LogP contribution in [-0.4, -0.2) is 49.3 Å². The molecule has 1 N–H and O–H groups in total. The van der Waals surface area contributed by atoms with Gasteiger partial charge in [0.15, 0.2) is 11.5 Å². The molecule has 1 saturated heterocycles. The second-order valence-corrected chi connectivity index (χ2v) is 6.94. The van der Waals surface area contributed by atoms with Crippen LogP contribution in [0.3, 0.4) is 0 Å². The molecule has 1 aromatic rings. The van der Waals surface area contributed by atoms with Gasteiger partial charge in [0, 0.05) is 13.1 Å². The predicted octanol–water partition coefficient (Wildman–Crippen LogP) is 2.33. The third-order valence-corrected chi connectivity index (χ3v) is 3.81. The summed E-state index contributed by atoms with van der Waals surface area (Å²) >= 11 is 0. The summed E-state index contributed by atoms with van der Waals surface area (Å²) in [4.78, 5) is 26.0. The third-order valence-electron chi connectivity index (χ3n) is 3.81. The Labute approximate surface area is 148 Å². The van der Waals surface area contributed by atoms with Gasteiger partial charge in [-0.3, -0.25) is 4.79 Å². The number of hydrogen-bond acceptors (Lipinski definition) is 5. The Hall–Kier alpha value is -2.44. The fourth-order valence-corrected chi connectivity index (χ4v) is 2.68. The summed E-state index contributed by atoms with van der Waals surface area (Å²) in [7, 11) is 3.15. The van der Waals surface area contributed by atoms with Crippen molar-refractivity contribution in [1.29, 1.82) is 0 Å². The number of likely N-dealkylation sites (tertiary alicyclic amines) is 1. The molecule has 1 unspecified atom stereocenters. The number of hydrogen-bond donors (Lipinski definition) is 1. The maximum atomic E-state index is 12.5. The summed E-state index contributed by atoms with van der Waals surface area (Å²) < 4.78 is 15.7. The zero-order chi connectivity index (χ0) is 18.6. The van der Waals surface area contributed by atoms with E-state index >= 15 is 0 Å². The van der Waals surface area contributed by atoms with E-state index in [1.54, 1.807) is 39.9 Å². The molecule has 0 aromatic heterocycles. The van der Waals surface area contributed by atoms with Crippen molar-refractivity contribution in [3.8, 4) is 11.5 Å². The van der Waals surface area contributed by atoms with Crippen LogP contribution in [0.15, 0.2) is 18.2 Å². The topological polar surface area (TPSA) is 77.1 Å². The first-order valence-electron chi connectivity index (χ1n) is 8.22. The smallest absolute Gasteiger partial charge is 0.408 e. The Kier molecular flexibility index (Phi) is 5.77. The summed E-state index contributed by atoms with van der Waals surface area (Å²) in [6.45, 7) is 6.38. The Balaban J connectivity index is 1.97. The second kappa shape index (κ2) is 7.63. The molecule has 7 heteroatoms. The number of rotatable bonds is 5. The van der Waals surface area contributed by atoms with Crippen molar-refractivity contribution in [3.63, 3.8) is 0 Å². The van der Waals surface area contributed by atoms with Crippen molar-refractivity contribution >= 4 is 12.0 Å². The molecule has 1 aromatic carbocycles. The van der Waals surface area contributed by atoms with Crippen molar-refractivity contribution in [2.24, 2.45) is 0 Å². The van der Waals surface area contributed by atoms with Crippen molar-refractivity contribution in [1.82, 2.24) is 10.2 Å². The molecule has 0 saturated carbocycles. The molecule has 25 heavy (non-hydrogen) atoms. The highest BCUT2D eigenvalue weighted by atomic mass is 16.6. The molecule has 1 aliphatic rings. The average molecular weight is 350 g/mol. The standard InChI is InChI=1S/C18H26N2O5/c1-18(2,3)25-17(22)19-13-8-9-20(16(13)21)11-12-6-7-14(23-4)15(10-12)24-5/h6-7,10,13H,8-9,11H2,1-5H3,(H,19,22). The minimum atomic E-state index is -0.592. The number of benzene rings is 1. The lowest BCUT2D eigenvalue weighted by Gasteiger charge is -2.22. The minimum absolute atomic E-state index is 0.111. The fourth-order valence-electron chi connectivity index (χ4n) is 2.68. The Morgan fingerprint density at radius 2 is 1.92 bits per heavy atom. The molecule has 0 spiro atoms. The minimum Gasteiger partial charge on any atom is -0.493 e. The maximum absolute atomic E-state index is 12.5. The molecule has 2 amide bonds. The van der Waals surface area contributed by atoms with Crippen LogP contribution < -0.4 is 14.8 Å². The van der Waals surface area contributed by atoms with E-state index in [0.29, 0.717) is 31.0 Å². The quantitative estimate of drug-likeness (QED) is 0.882. The van der Waals surface area contributed by atoms with Crippen molar-refractivity contribution in [2.45, 2.75) is 45.4 Å². The molecular formula is C18H26N2O5. The van der Waals surface area contributed by atoms with Gasteiger partial charge in [0.05, 0.1) is 14.2 Å². The van der Waals surface area contributed by atoms with Crippen LogP contribution in [0.5, 0.6) is 11.5 Å². The molecule has 1 aliphatic heterocycles. The Morgan fingerprint density at radius 1 is 1.24 bits per heavy atom. The SMILES string of the molecule is COc1ccc(CN2CCC(NC(=O)OC(C)(C)C)C2=O)cc1OC. The van der Waals surface area contributed by atoms with Crippen molar-refractivity contribution < 1.29 is 23.8 Å². The Morgan fingerprint density at radius 3 is 2.52 bits per heavy atom. The number of carbonyl (C=O) groups excluding carboxylic acids is 2. The van der Waals surface area contributed by atoms with E-state index < -0.39 is 17.7 Å². The number of methoxy groups -OCH3 is 2. The molecule has 7 nitrogen and oxygen atoms in total. The summed E-state index contributed by atoms with van der Waals surface area (Å²) in [5.41, 5.74) is 0.342. The van der Waals surface area contributed by atoms with Gasteiger partial charge in [0.2, 0.25) is 5.91 Å². The lowest BCUT2D eigenvalue weighted by molar-refractivity contribution is -0.129. The molecule has 0 aliphatic carbocycles. The lowest BCUT2D eigenvalue weighted by Crippen LogP contribution is -2.43. The first kappa shape index (κ1) is 18.9. The maximum Gasteiger partial charge on any atom is 0.408 e. The summed E-state index contributed by atoms with van der Waals surface area (Å²) in [6.07, 6.45) is -0.00966. The van der Waals surface area contributed by atoms with E-state index in [-0.39, 0.29) is 5.91 Å². The van der Waals surface area contributed by atoms with Crippen LogP contribution >= 0.6 is 0 Å². The molecule has 1 fully saturated rings. The highest BCUT2D eigenvalue weighted by molar-refractivity contribution is 5.87. The zero-order valence-corrected chi connectivity index (χ0v) is 15.4. The van der Waals surface area contributed by atoms with Gasteiger partial charge in [-0.1, -0.05) is 6.07 Å². The monoisotopic (exact) mass is 350 g/mol. The van der Waals surface area contributed by atoms with Gasteiger partial charge in [-0.25, -0.2) is 4.79 Å². The van der Waals surface area contributed by atoms with Gasteiger partial charge in [-0.2, -0.15) is 0 Å². The number of nitrogens with zero attached hydrogens (tertiary/aromatic N) is 1. The first-order valence-corrected chi connectivity index (χ1v) is 8.22. The molecule has 2 rings (SSSR count). The van der Waals surface area contributed by atoms with E-state index in [1.165, 1.54) is 0 Å². The van der Waals surface area contributed by atoms with Gasteiger partial charge in [-0.05, 0) is 44.9 Å². The number of nitrogens with one attached hydrogen (secondary N) is 1. The normalized spacial score (nSPS) is 17.4. The van der Waals surface area contributed by atoms with Gasteiger partial charge in [0.1, 0.15) is 11.6 Å².